The smallest absolute Gasteiger partial charge is 0.242 e. The van der Waals surface area contributed by atoms with Crippen molar-refractivity contribution < 1.29 is 9.59 Å². The lowest BCUT2D eigenvalue weighted by molar-refractivity contribution is -0.131. The number of hydrogen-bond acceptors (Lipinski definition) is 3. The highest BCUT2D eigenvalue weighted by Crippen LogP contribution is 2.34. The summed E-state index contributed by atoms with van der Waals surface area (Å²) in [5.74, 6) is 0.939. The molecule has 2 heterocycles. The van der Waals surface area contributed by atoms with Gasteiger partial charge in [-0.15, -0.1) is 0 Å². The van der Waals surface area contributed by atoms with Crippen LogP contribution >= 0.6 is 15.9 Å². The molecule has 1 aromatic heterocycles. The molecule has 32 heavy (non-hydrogen) atoms. The van der Waals surface area contributed by atoms with Gasteiger partial charge in [0.1, 0.15) is 12.4 Å². The molecule has 2 aromatic carbocycles. The largest absolute Gasteiger partial charge is 0.341 e. The summed E-state index contributed by atoms with van der Waals surface area (Å²) in [6, 6.07) is 15.7. The Kier molecular flexibility index (Phi) is 6.94. The van der Waals surface area contributed by atoms with E-state index in [0.29, 0.717) is 13.0 Å². The fourth-order valence-corrected chi connectivity index (χ4v) is 4.87. The number of carbonyl (C=O) groups excluding carboxylic acids is 2. The Morgan fingerprint density at radius 2 is 1.88 bits per heavy atom. The molecule has 0 N–H and O–H groups in total. The van der Waals surface area contributed by atoms with E-state index in [1.165, 1.54) is 0 Å². The molecular weight excluding hydrogens is 468 g/mol. The van der Waals surface area contributed by atoms with E-state index in [1.807, 2.05) is 62.9 Å². The number of anilines is 1. The summed E-state index contributed by atoms with van der Waals surface area (Å²) >= 11 is 3.49. The molecule has 1 aliphatic rings. The summed E-state index contributed by atoms with van der Waals surface area (Å²) in [6.07, 6.45) is 2.25. The molecule has 1 atom stereocenters. The van der Waals surface area contributed by atoms with Gasteiger partial charge in [-0.3, -0.25) is 9.59 Å². The van der Waals surface area contributed by atoms with Crippen molar-refractivity contribution in [1.82, 2.24) is 14.5 Å². The van der Waals surface area contributed by atoms with Crippen LogP contribution in [0, 0.1) is 0 Å². The Labute approximate surface area is 197 Å². The van der Waals surface area contributed by atoms with Crippen molar-refractivity contribution in [2.24, 2.45) is 0 Å². The number of imidazole rings is 1. The number of benzene rings is 2. The van der Waals surface area contributed by atoms with Crippen LogP contribution in [0.25, 0.3) is 11.0 Å². The molecule has 0 radical (unpaired) electrons. The number of fused-ring (bicyclic) bond motifs is 1. The average Bonchev–Trinajstić information content (AvgIpc) is 3.34. The van der Waals surface area contributed by atoms with Crippen molar-refractivity contribution >= 4 is 44.5 Å². The van der Waals surface area contributed by atoms with E-state index in [0.717, 1.165) is 52.9 Å². The number of para-hydroxylation sites is 2. The third-order valence-electron chi connectivity index (χ3n) is 5.93. The Morgan fingerprint density at radius 1 is 1.12 bits per heavy atom. The maximum absolute atomic E-state index is 13.2. The summed E-state index contributed by atoms with van der Waals surface area (Å²) in [7, 11) is 0. The predicted molar refractivity (Wildman–Crippen MR) is 131 cm³/mol. The Balaban J connectivity index is 1.66. The highest BCUT2D eigenvalue weighted by atomic mass is 79.9. The van der Waals surface area contributed by atoms with Crippen molar-refractivity contribution in [3.8, 4) is 0 Å². The molecular formula is C25H29BrN4O2. The lowest BCUT2D eigenvalue weighted by Crippen LogP contribution is -2.35. The molecule has 0 aliphatic carbocycles. The monoisotopic (exact) mass is 496 g/mol. The van der Waals surface area contributed by atoms with Crippen LogP contribution in [0.1, 0.15) is 44.9 Å². The number of hydrogen-bond donors (Lipinski definition) is 0. The first-order valence-corrected chi connectivity index (χ1v) is 12.1. The Morgan fingerprint density at radius 3 is 2.59 bits per heavy atom. The molecule has 1 saturated heterocycles. The SMILES string of the molecule is CCCN(CCC)C(=O)Cn1c(C2CC(=O)N(c3cccc(Br)c3)C2)nc2ccccc21. The van der Waals surface area contributed by atoms with Gasteiger partial charge in [-0.25, -0.2) is 4.98 Å². The maximum Gasteiger partial charge on any atom is 0.242 e. The fourth-order valence-electron chi connectivity index (χ4n) is 4.48. The van der Waals surface area contributed by atoms with Gasteiger partial charge in [0.15, 0.2) is 0 Å². The van der Waals surface area contributed by atoms with E-state index in [9.17, 15) is 9.59 Å². The number of nitrogens with zero attached hydrogens (tertiary/aromatic N) is 4. The van der Waals surface area contributed by atoms with Crippen molar-refractivity contribution in [3.05, 3.63) is 58.8 Å². The molecule has 0 spiro atoms. The van der Waals surface area contributed by atoms with Crippen molar-refractivity contribution in [3.63, 3.8) is 0 Å². The van der Waals surface area contributed by atoms with Gasteiger partial charge in [-0.2, -0.15) is 0 Å². The number of carbonyl (C=O) groups is 2. The van der Waals surface area contributed by atoms with Crippen LogP contribution < -0.4 is 4.90 Å². The number of rotatable bonds is 8. The predicted octanol–water partition coefficient (Wildman–Crippen LogP) is 4.97. The molecule has 3 aromatic rings. The van der Waals surface area contributed by atoms with Crippen LogP contribution in [-0.4, -0.2) is 45.9 Å². The summed E-state index contributed by atoms with van der Waals surface area (Å²) in [5, 5.41) is 0. The quantitative estimate of drug-likeness (QED) is 0.442. The van der Waals surface area contributed by atoms with Crippen LogP contribution in [0.2, 0.25) is 0 Å². The standard InChI is InChI=1S/C25H29BrN4O2/c1-3-12-28(13-4-2)24(32)17-30-22-11-6-5-10-21(22)27-25(30)18-14-23(31)29(16-18)20-9-7-8-19(26)15-20/h5-11,15,18H,3-4,12-14,16-17H2,1-2H3. The summed E-state index contributed by atoms with van der Waals surface area (Å²) in [5.41, 5.74) is 2.68. The molecule has 168 valence electrons. The van der Waals surface area contributed by atoms with E-state index in [2.05, 4.69) is 29.8 Å². The normalized spacial score (nSPS) is 16.2. The summed E-state index contributed by atoms with van der Waals surface area (Å²) < 4.78 is 2.97. The first-order chi connectivity index (χ1) is 15.5. The van der Waals surface area contributed by atoms with E-state index in [-0.39, 0.29) is 24.3 Å². The third kappa shape index (κ3) is 4.58. The van der Waals surface area contributed by atoms with Crippen LogP contribution in [0.15, 0.2) is 53.0 Å². The minimum absolute atomic E-state index is 0.0625. The fraction of sp³-hybridized carbons (Fsp3) is 0.400. The minimum Gasteiger partial charge on any atom is -0.341 e. The highest BCUT2D eigenvalue weighted by Gasteiger charge is 2.35. The zero-order valence-corrected chi connectivity index (χ0v) is 20.2. The minimum atomic E-state index is -0.0625. The van der Waals surface area contributed by atoms with Crippen molar-refractivity contribution in [1.29, 1.82) is 0 Å². The third-order valence-corrected chi connectivity index (χ3v) is 6.42. The second-order valence-corrected chi connectivity index (χ2v) is 9.23. The second-order valence-electron chi connectivity index (χ2n) is 8.31. The van der Waals surface area contributed by atoms with Crippen LogP contribution in [0.5, 0.6) is 0 Å². The van der Waals surface area contributed by atoms with Gasteiger partial charge in [-0.05, 0) is 43.2 Å². The average molecular weight is 497 g/mol. The molecule has 4 rings (SSSR count). The molecule has 2 amide bonds. The van der Waals surface area contributed by atoms with Crippen LogP contribution in [-0.2, 0) is 16.1 Å². The molecule has 1 unspecified atom stereocenters. The van der Waals surface area contributed by atoms with Gasteiger partial charge in [-0.1, -0.05) is 48.0 Å². The first kappa shape index (κ1) is 22.5. The summed E-state index contributed by atoms with van der Waals surface area (Å²) in [4.78, 5) is 34.7. The van der Waals surface area contributed by atoms with Crippen molar-refractivity contribution in [2.45, 2.75) is 45.6 Å². The van der Waals surface area contributed by atoms with Gasteiger partial charge in [0, 0.05) is 42.1 Å². The second kappa shape index (κ2) is 9.86. The maximum atomic E-state index is 13.2. The Hall–Kier alpha value is -2.67. The molecule has 0 saturated carbocycles. The van der Waals surface area contributed by atoms with E-state index >= 15 is 0 Å². The lowest BCUT2D eigenvalue weighted by atomic mass is 10.1. The van der Waals surface area contributed by atoms with Crippen LogP contribution in [0.3, 0.4) is 0 Å². The van der Waals surface area contributed by atoms with Gasteiger partial charge >= 0.3 is 0 Å². The van der Waals surface area contributed by atoms with Gasteiger partial charge < -0.3 is 14.4 Å². The zero-order chi connectivity index (χ0) is 22.7. The number of amides is 2. The number of halogens is 1. The van der Waals surface area contributed by atoms with E-state index in [1.54, 1.807) is 0 Å². The molecule has 7 heteroatoms. The van der Waals surface area contributed by atoms with E-state index < -0.39 is 0 Å². The molecule has 1 aliphatic heterocycles. The molecule has 6 nitrogen and oxygen atoms in total. The van der Waals surface area contributed by atoms with E-state index in [4.69, 9.17) is 4.98 Å². The van der Waals surface area contributed by atoms with Gasteiger partial charge in [0.2, 0.25) is 11.8 Å². The Bertz CT molecular complexity index is 1120. The topological polar surface area (TPSA) is 58.4 Å². The molecule has 0 bridgehead atoms. The van der Waals surface area contributed by atoms with Crippen molar-refractivity contribution in [2.75, 3.05) is 24.5 Å². The molecule has 1 fully saturated rings. The highest BCUT2D eigenvalue weighted by molar-refractivity contribution is 9.10. The zero-order valence-electron chi connectivity index (χ0n) is 18.6. The van der Waals surface area contributed by atoms with Gasteiger partial charge in [0.25, 0.3) is 0 Å². The van der Waals surface area contributed by atoms with Crippen LogP contribution in [0.4, 0.5) is 5.69 Å². The van der Waals surface area contributed by atoms with Gasteiger partial charge in [0.05, 0.1) is 11.0 Å². The summed E-state index contributed by atoms with van der Waals surface area (Å²) in [6.45, 7) is 6.50. The first-order valence-electron chi connectivity index (χ1n) is 11.3. The lowest BCUT2D eigenvalue weighted by Gasteiger charge is -2.23. The number of aromatic nitrogens is 2.